The van der Waals surface area contributed by atoms with E-state index in [9.17, 15) is 13.2 Å². The van der Waals surface area contributed by atoms with Crippen molar-refractivity contribution in [3.63, 3.8) is 0 Å². The average Bonchev–Trinajstić information content (AvgIpc) is 2.51. The van der Waals surface area contributed by atoms with E-state index in [1.807, 2.05) is 0 Å². The minimum atomic E-state index is -4.33. The predicted molar refractivity (Wildman–Crippen MR) is 75.8 cm³/mol. The summed E-state index contributed by atoms with van der Waals surface area (Å²) in [7, 11) is 0. The molecule has 0 spiro atoms. The lowest BCUT2D eigenvalue weighted by Crippen LogP contribution is -2.26. The molecule has 0 amide bonds. The molecule has 5 heteroatoms. The highest BCUT2D eigenvalue weighted by Crippen LogP contribution is 2.34. The van der Waals surface area contributed by atoms with E-state index in [0.29, 0.717) is 0 Å². The van der Waals surface area contributed by atoms with Gasteiger partial charge in [0.2, 0.25) is 0 Å². The van der Waals surface area contributed by atoms with Crippen LogP contribution in [0.2, 0.25) is 0 Å². The third-order valence-electron chi connectivity index (χ3n) is 3.80. The summed E-state index contributed by atoms with van der Waals surface area (Å²) in [4.78, 5) is 2.13. The number of benzene rings is 1. The van der Waals surface area contributed by atoms with Crippen molar-refractivity contribution in [2.45, 2.75) is 44.7 Å². The van der Waals surface area contributed by atoms with E-state index in [0.717, 1.165) is 43.8 Å². The number of nitrogen functional groups attached to an aromatic ring is 1. The average molecular weight is 286 g/mol. The van der Waals surface area contributed by atoms with E-state index < -0.39 is 11.7 Å². The Balaban J connectivity index is 2.17. The van der Waals surface area contributed by atoms with Gasteiger partial charge in [-0.05, 0) is 31.0 Å². The van der Waals surface area contributed by atoms with Crippen LogP contribution in [0.1, 0.15) is 44.1 Å². The second-order valence-corrected chi connectivity index (χ2v) is 5.38. The van der Waals surface area contributed by atoms with Gasteiger partial charge in [-0.2, -0.15) is 13.2 Å². The van der Waals surface area contributed by atoms with Crippen molar-refractivity contribution in [1.82, 2.24) is 0 Å². The summed E-state index contributed by atoms with van der Waals surface area (Å²) in [6.45, 7) is 1.74. The molecule has 1 aliphatic heterocycles. The Labute approximate surface area is 117 Å². The second-order valence-electron chi connectivity index (χ2n) is 5.38. The molecule has 1 heterocycles. The molecule has 1 fully saturated rings. The van der Waals surface area contributed by atoms with Crippen LogP contribution in [0.25, 0.3) is 0 Å². The van der Waals surface area contributed by atoms with E-state index >= 15 is 0 Å². The van der Waals surface area contributed by atoms with Crippen LogP contribution in [0.3, 0.4) is 0 Å². The molecule has 1 aromatic carbocycles. The molecule has 1 saturated heterocycles. The summed E-state index contributed by atoms with van der Waals surface area (Å²) in [6, 6.07) is 3.68. The zero-order valence-electron chi connectivity index (χ0n) is 11.5. The molecule has 0 aromatic heterocycles. The summed E-state index contributed by atoms with van der Waals surface area (Å²) in [5.74, 6) is 0. The van der Waals surface area contributed by atoms with Crippen molar-refractivity contribution in [3.05, 3.63) is 23.8 Å². The van der Waals surface area contributed by atoms with Gasteiger partial charge >= 0.3 is 6.18 Å². The Bertz CT molecular complexity index is 433. The van der Waals surface area contributed by atoms with Crippen LogP contribution < -0.4 is 10.6 Å². The molecule has 0 radical (unpaired) electrons. The molecular formula is C15H21F3N2. The topological polar surface area (TPSA) is 29.3 Å². The maximum absolute atomic E-state index is 12.6. The van der Waals surface area contributed by atoms with Gasteiger partial charge in [-0.1, -0.05) is 25.7 Å². The highest BCUT2D eigenvalue weighted by Gasteiger charge is 2.31. The van der Waals surface area contributed by atoms with E-state index in [1.54, 1.807) is 0 Å². The van der Waals surface area contributed by atoms with Gasteiger partial charge in [-0.25, -0.2) is 0 Å². The molecule has 1 aliphatic rings. The summed E-state index contributed by atoms with van der Waals surface area (Å²) < 4.78 is 37.9. The molecule has 0 atom stereocenters. The van der Waals surface area contributed by atoms with Gasteiger partial charge in [0.25, 0.3) is 0 Å². The van der Waals surface area contributed by atoms with Crippen LogP contribution in [0.15, 0.2) is 18.2 Å². The van der Waals surface area contributed by atoms with E-state index in [4.69, 9.17) is 5.73 Å². The van der Waals surface area contributed by atoms with Crippen molar-refractivity contribution >= 4 is 11.4 Å². The number of hydrogen-bond donors (Lipinski definition) is 1. The van der Waals surface area contributed by atoms with Gasteiger partial charge in [-0.3, -0.25) is 0 Å². The lowest BCUT2D eigenvalue weighted by Gasteiger charge is -2.26. The summed E-state index contributed by atoms with van der Waals surface area (Å²) in [5.41, 5.74) is 6.12. The molecule has 0 unspecified atom stereocenters. The van der Waals surface area contributed by atoms with Gasteiger partial charge in [0.15, 0.2) is 0 Å². The predicted octanol–water partition coefficient (Wildman–Crippen LogP) is 4.45. The lowest BCUT2D eigenvalue weighted by molar-refractivity contribution is -0.137. The van der Waals surface area contributed by atoms with Gasteiger partial charge < -0.3 is 10.6 Å². The first-order valence-electron chi connectivity index (χ1n) is 7.20. The lowest BCUT2D eigenvalue weighted by atomic mass is 10.1. The smallest absolute Gasteiger partial charge is 0.397 e. The van der Waals surface area contributed by atoms with Crippen molar-refractivity contribution in [1.29, 1.82) is 0 Å². The quantitative estimate of drug-likeness (QED) is 0.773. The fraction of sp³-hybridized carbons (Fsp3) is 0.600. The molecule has 1 aromatic rings. The zero-order valence-corrected chi connectivity index (χ0v) is 11.5. The zero-order chi connectivity index (χ0) is 14.6. The maximum Gasteiger partial charge on any atom is 0.416 e. The van der Waals surface area contributed by atoms with Gasteiger partial charge in [0.05, 0.1) is 16.9 Å². The number of hydrogen-bond acceptors (Lipinski definition) is 2. The van der Waals surface area contributed by atoms with Crippen LogP contribution in [-0.4, -0.2) is 13.1 Å². The van der Waals surface area contributed by atoms with Crippen molar-refractivity contribution < 1.29 is 13.2 Å². The van der Waals surface area contributed by atoms with Gasteiger partial charge in [0, 0.05) is 13.1 Å². The molecule has 2 N–H and O–H groups in total. The normalized spacial score (nSPS) is 18.2. The molecular weight excluding hydrogens is 265 g/mol. The summed E-state index contributed by atoms with van der Waals surface area (Å²) in [6.07, 6.45) is 2.65. The molecule has 20 heavy (non-hydrogen) atoms. The minimum Gasteiger partial charge on any atom is -0.397 e. The summed E-state index contributed by atoms with van der Waals surface area (Å²) >= 11 is 0. The van der Waals surface area contributed by atoms with E-state index in [1.165, 1.54) is 31.7 Å². The molecule has 0 saturated carbocycles. The van der Waals surface area contributed by atoms with Crippen molar-refractivity contribution in [3.8, 4) is 0 Å². The Morgan fingerprint density at radius 2 is 1.45 bits per heavy atom. The third-order valence-corrected chi connectivity index (χ3v) is 3.80. The number of halogens is 3. The number of rotatable bonds is 1. The first kappa shape index (κ1) is 15.0. The van der Waals surface area contributed by atoms with Gasteiger partial charge in [-0.15, -0.1) is 0 Å². The largest absolute Gasteiger partial charge is 0.416 e. The van der Waals surface area contributed by atoms with Crippen LogP contribution in [-0.2, 0) is 6.18 Å². The number of nitrogens with two attached hydrogens (primary N) is 1. The number of alkyl halides is 3. The highest BCUT2D eigenvalue weighted by molar-refractivity contribution is 5.68. The fourth-order valence-corrected chi connectivity index (χ4v) is 2.68. The van der Waals surface area contributed by atoms with E-state index in [2.05, 4.69) is 4.90 Å². The van der Waals surface area contributed by atoms with Crippen LogP contribution in [0, 0.1) is 0 Å². The first-order valence-corrected chi connectivity index (χ1v) is 7.20. The second kappa shape index (κ2) is 6.37. The SMILES string of the molecule is Nc1cc(C(F)(F)F)ccc1N1CCCCCCCC1. The monoisotopic (exact) mass is 286 g/mol. The Morgan fingerprint density at radius 1 is 0.900 bits per heavy atom. The maximum atomic E-state index is 12.6. The Kier molecular flexibility index (Phi) is 4.78. The molecule has 2 rings (SSSR count). The molecule has 2 nitrogen and oxygen atoms in total. The fourth-order valence-electron chi connectivity index (χ4n) is 2.68. The van der Waals surface area contributed by atoms with Crippen molar-refractivity contribution in [2.24, 2.45) is 0 Å². The minimum absolute atomic E-state index is 0.221. The standard InChI is InChI=1S/C15H21F3N2/c16-15(17,18)12-7-8-14(13(19)11-12)20-9-5-3-1-2-4-6-10-20/h7-8,11H,1-6,9-10,19H2. The molecule has 0 bridgehead atoms. The highest BCUT2D eigenvalue weighted by atomic mass is 19.4. The Hall–Kier alpha value is -1.39. The third kappa shape index (κ3) is 3.81. The van der Waals surface area contributed by atoms with Crippen molar-refractivity contribution in [2.75, 3.05) is 23.7 Å². The molecule has 112 valence electrons. The van der Waals surface area contributed by atoms with Crippen LogP contribution in [0.5, 0.6) is 0 Å². The van der Waals surface area contributed by atoms with Gasteiger partial charge in [0.1, 0.15) is 0 Å². The van der Waals surface area contributed by atoms with Crippen LogP contribution in [0.4, 0.5) is 24.5 Å². The van der Waals surface area contributed by atoms with Crippen LogP contribution >= 0.6 is 0 Å². The molecule has 0 aliphatic carbocycles. The van der Waals surface area contributed by atoms with E-state index in [-0.39, 0.29) is 5.69 Å². The number of nitrogens with zero attached hydrogens (tertiary/aromatic N) is 1. The first-order chi connectivity index (χ1) is 9.48. The number of anilines is 2. The summed E-state index contributed by atoms with van der Waals surface area (Å²) in [5, 5.41) is 0. The Morgan fingerprint density at radius 3 is 1.95 bits per heavy atom.